The van der Waals surface area contributed by atoms with Gasteiger partial charge in [0.15, 0.2) is 0 Å². The summed E-state index contributed by atoms with van der Waals surface area (Å²) >= 11 is 0. The zero-order valence-corrected chi connectivity index (χ0v) is 9.21. The molecule has 0 spiro atoms. The summed E-state index contributed by atoms with van der Waals surface area (Å²) in [7, 11) is 0. The molecule has 3 nitrogen and oxygen atoms in total. The van der Waals surface area contributed by atoms with E-state index in [1.54, 1.807) is 12.1 Å². The second kappa shape index (κ2) is 5.51. The zero-order chi connectivity index (χ0) is 11.3. The molecule has 0 aliphatic carbocycles. The Kier molecular flexibility index (Phi) is 4.31. The minimum Gasteiger partial charge on any atom is -0.478 e. The SMILES string of the molecule is CCCNCc1cc(C)cc(C(=O)O)c1. The van der Waals surface area contributed by atoms with Crippen molar-refractivity contribution in [3.05, 3.63) is 34.9 Å². The fourth-order valence-corrected chi connectivity index (χ4v) is 1.50. The van der Waals surface area contributed by atoms with Crippen LogP contribution in [0.3, 0.4) is 0 Å². The van der Waals surface area contributed by atoms with Crippen LogP contribution in [0.1, 0.15) is 34.8 Å². The van der Waals surface area contributed by atoms with Gasteiger partial charge in [-0.15, -0.1) is 0 Å². The summed E-state index contributed by atoms with van der Waals surface area (Å²) in [5.41, 5.74) is 2.38. The van der Waals surface area contributed by atoms with Crippen LogP contribution in [0, 0.1) is 6.92 Å². The quantitative estimate of drug-likeness (QED) is 0.728. The van der Waals surface area contributed by atoms with Crippen molar-refractivity contribution in [1.29, 1.82) is 0 Å². The topological polar surface area (TPSA) is 49.3 Å². The second-order valence-corrected chi connectivity index (χ2v) is 3.69. The molecule has 1 aromatic rings. The number of carboxylic acids is 1. The number of carboxylic acid groups (broad SMARTS) is 1. The lowest BCUT2D eigenvalue weighted by Gasteiger charge is -2.06. The van der Waals surface area contributed by atoms with E-state index in [1.165, 1.54) is 0 Å². The molecule has 0 unspecified atom stereocenters. The third-order valence-corrected chi connectivity index (χ3v) is 2.14. The molecule has 82 valence electrons. The molecule has 0 bridgehead atoms. The molecule has 1 aromatic carbocycles. The third-order valence-electron chi connectivity index (χ3n) is 2.14. The van der Waals surface area contributed by atoms with Crippen molar-refractivity contribution >= 4 is 5.97 Å². The Hall–Kier alpha value is -1.35. The van der Waals surface area contributed by atoms with Gasteiger partial charge in [-0.3, -0.25) is 0 Å². The number of hydrogen-bond donors (Lipinski definition) is 2. The average molecular weight is 207 g/mol. The highest BCUT2D eigenvalue weighted by Gasteiger charge is 2.04. The van der Waals surface area contributed by atoms with Crippen molar-refractivity contribution in [2.24, 2.45) is 0 Å². The van der Waals surface area contributed by atoms with Gasteiger partial charge >= 0.3 is 5.97 Å². The normalized spacial score (nSPS) is 10.3. The molecule has 0 heterocycles. The van der Waals surface area contributed by atoms with Crippen LogP contribution in [0.4, 0.5) is 0 Å². The third kappa shape index (κ3) is 3.72. The number of benzene rings is 1. The van der Waals surface area contributed by atoms with Gasteiger partial charge in [0.2, 0.25) is 0 Å². The number of hydrogen-bond acceptors (Lipinski definition) is 2. The number of aromatic carboxylic acids is 1. The molecular formula is C12H17NO2. The minimum absolute atomic E-state index is 0.364. The Labute approximate surface area is 90.1 Å². The standard InChI is InChI=1S/C12H17NO2/c1-3-4-13-8-10-5-9(2)6-11(7-10)12(14)15/h5-7,13H,3-4,8H2,1-2H3,(H,14,15). The van der Waals surface area contributed by atoms with E-state index < -0.39 is 5.97 Å². The van der Waals surface area contributed by atoms with Crippen molar-refractivity contribution in [1.82, 2.24) is 5.32 Å². The molecule has 0 fully saturated rings. The zero-order valence-electron chi connectivity index (χ0n) is 9.21. The van der Waals surface area contributed by atoms with Crippen LogP contribution < -0.4 is 5.32 Å². The van der Waals surface area contributed by atoms with Gasteiger partial charge in [-0.05, 0) is 43.1 Å². The summed E-state index contributed by atoms with van der Waals surface area (Å²) in [6.07, 6.45) is 1.08. The molecule has 0 amide bonds. The minimum atomic E-state index is -0.865. The first-order valence-corrected chi connectivity index (χ1v) is 5.18. The van der Waals surface area contributed by atoms with Crippen LogP contribution in [-0.4, -0.2) is 17.6 Å². The molecule has 2 N–H and O–H groups in total. The maximum atomic E-state index is 10.8. The van der Waals surface area contributed by atoms with Crippen LogP contribution in [0.5, 0.6) is 0 Å². The predicted octanol–water partition coefficient (Wildman–Crippen LogP) is 2.19. The highest BCUT2D eigenvalue weighted by atomic mass is 16.4. The summed E-state index contributed by atoms with van der Waals surface area (Å²) in [5, 5.41) is 12.1. The van der Waals surface area contributed by atoms with E-state index in [1.807, 2.05) is 13.0 Å². The smallest absolute Gasteiger partial charge is 0.335 e. The summed E-state index contributed by atoms with van der Waals surface area (Å²) in [6, 6.07) is 5.42. The second-order valence-electron chi connectivity index (χ2n) is 3.69. The molecule has 0 saturated heterocycles. The molecule has 0 saturated carbocycles. The van der Waals surface area contributed by atoms with Gasteiger partial charge in [-0.1, -0.05) is 13.0 Å². The molecule has 0 aliphatic heterocycles. The largest absolute Gasteiger partial charge is 0.478 e. The summed E-state index contributed by atoms with van der Waals surface area (Å²) in [4.78, 5) is 10.8. The molecule has 1 rings (SSSR count). The maximum Gasteiger partial charge on any atom is 0.335 e. The van der Waals surface area contributed by atoms with Crippen LogP contribution in [0.25, 0.3) is 0 Å². The van der Waals surface area contributed by atoms with E-state index in [4.69, 9.17) is 5.11 Å². The summed E-state index contributed by atoms with van der Waals surface area (Å²) in [6.45, 7) is 5.70. The summed E-state index contributed by atoms with van der Waals surface area (Å²) in [5.74, 6) is -0.865. The lowest BCUT2D eigenvalue weighted by atomic mass is 10.1. The molecule has 0 aromatic heterocycles. The fraction of sp³-hybridized carbons (Fsp3) is 0.417. The molecule has 0 atom stereocenters. The van der Waals surface area contributed by atoms with Crippen molar-refractivity contribution < 1.29 is 9.90 Å². The Morgan fingerprint density at radius 1 is 1.40 bits per heavy atom. The van der Waals surface area contributed by atoms with Crippen LogP contribution in [0.15, 0.2) is 18.2 Å². The van der Waals surface area contributed by atoms with Crippen LogP contribution >= 0.6 is 0 Å². The summed E-state index contributed by atoms with van der Waals surface area (Å²) < 4.78 is 0. The van der Waals surface area contributed by atoms with Crippen LogP contribution in [0.2, 0.25) is 0 Å². The highest BCUT2D eigenvalue weighted by molar-refractivity contribution is 5.88. The van der Waals surface area contributed by atoms with Gasteiger partial charge in [-0.2, -0.15) is 0 Å². The van der Waals surface area contributed by atoms with Crippen molar-refractivity contribution in [2.45, 2.75) is 26.8 Å². The average Bonchev–Trinajstić information content (AvgIpc) is 2.17. The Bertz CT molecular complexity index is 347. The van der Waals surface area contributed by atoms with Gasteiger partial charge in [0.1, 0.15) is 0 Å². The first-order chi connectivity index (χ1) is 7.13. The number of nitrogens with one attached hydrogen (secondary N) is 1. The lowest BCUT2D eigenvalue weighted by Crippen LogP contribution is -2.14. The van der Waals surface area contributed by atoms with E-state index in [0.29, 0.717) is 5.56 Å². The first kappa shape index (κ1) is 11.7. The Balaban J connectivity index is 2.75. The number of carbonyl (C=O) groups is 1. The van der Waals surface area contributed by atoms with Crippen LogP contribution in [-0.2, 0) is 6.54 Å². The van der Waals surface area contributed by atoms with E-state index in [-0.39, 0.29) is 0 Å². The predicted molar refractivity (Wildman–Crippen MR) is 60.1 cm³/mol. The van der Waals surface area contributed by atoms with Crippen molar-refractivity contribution in [2.75, 3.05) is 6.54 Å². The lowest BCUT2D eigenvalue weighted by molar-refractivity contribution is 0.0696. The highest BCUT2D eigenvalue weighted by Crippen LogP contribution is 2.09. The van der Waals surface area contributed by atoms with Gasteiger partial charge < -0.3 is 10.4 Å². The Morgan fingerprint density at radius 3 is 2.73 bits per heavy atom. The van der Waals surface area contributed by atoms with E-state index in [9.17, 15) is 4.79 Å². The van der Waals surface area contributed by atoms with Gasteiger partial charge in [-0.25, -0.2) is 4.79 Å². The maximum absolute atomic E-state index is 10.8. The van der Waals surface area contributed by atoms with E-state index >= 15 is 0 Å². The fourth-order valence-electron chi connectivity index (χ4n) is 1.50. The van der Waals surface area contributed by atoms with Crippen molar-refractivity contribution in [3.8, 4) is 0 Å². The molecular weight excluding hydrogens is 190 g/mol. The van der Waals surface area contributed by atoms with E-state index in [0.717, 1.165) is 30.6 Å². The number of aryl methyl sites for hydroxylation is 1. The van der Waals surface area contributed by atoms with Gasteiger partial charge in [0, 0.05) is 6.54 Å². The molecule has 15 heavy (non-hydrogen) atoms. The Morgan fingerprint density at radius 2 is 2.13 bits per heavy atom. The first-order valence-electron chi connectivity index (χ1n) is 5.18. The van der Waals surface area contributed by atoms with E-state index in [2.05, 4.69) is 12.2 Å². The van der Waals surface area contributed by atoms with Gasteiger partial charge in [0.05, 0.1) is 5.56 Å². The van der Waals surface area contributed by atoms with Gasteiger partial charge in [0.25, 0.3) is 0 Å². The monoisotopic (exact) mass is 207 g/mol. The molecule has 0 radical (unpaired) electrons. The van der Waals surface area contributed by atoms with Crippen molar-refractivity contribution in [3.63, 3.8) is 0 Å². The molecule has 0 aliphatic rings. The molecule has 3 heteroatoms. The number of rotatable bonds is 5.